The zero-order chi connectivity index (χ0) is 74.6. The molecule has 0 saturated heterocycles. The normalized spacial score (nSPS) is 14.6. The summed E-state index contributed by atoms with van der Waals surface area (Å²) >= 11 is 0. The first kappa shape index (κ1) is 97.2. The van der Waals surface area contributed by atoms with Crippen LogP contribution in [0, 0.1) is 0 Å². The molecule has 0 spiro atoms. The second-order valence-electron chi connectivity index (χ2n) is 25.9. The van der Waals surface area contributed by atoms with Crippen molar-refractivity contribution >= 4 is 39.5 Å². The van der Waals surface area contributed by atoms with E-state index in [4.69, 9.17) is 37.0 Å². The van der Waals surface area contributed by atoms with E-state index in [2.05, 4.69) is 161 Å². The number of phosphoric ester groups is 2. The standard InChI is InChI=1S/C83H140O17P2/c1-5-9-13-17-21-25-29-32-35-37-38-40-43-45-49-52-56-60-64-68-81(86)94-74-79(100-83(88)70-66-62-58-54-50-46-41-34-31-27-23-19-15-11-7-3)76-98-102(91,92)96-72-77(84)71-95-101(89,90)97-75-78(99-82(87)69-65-61-57-53-47-28-24-20-16-12-8-4)73-93-80(85)67-63-59-55-51-48-44-42-39-36-33-30-26-22-18-14-10-6-2/h9-10,13-14,20-22,24-26,32-36,38,40-42,44-45,49,77-79,84H,5-8,11-12,15-19,23,27-31,37,39,43,46-48,50-76H2,1-4H3,(H,89,90)(H,91,92)/b13-9-,14-10-,24-20-,25-21-,26-22-,35-32-,36-33-,40-38-,41-34-,44-42-,49-45-. The minimum atomic E-state index is -4.99. The van der Waals surface area contributed by atoms with E-state index in [0.717, 1.165) is 180 Å². The largest absolute Gasteiger partial charge is 0.472 e. The fourth-order valence-electron chi connectivity index (χ4n) is 10.1. The lowest BCUT2D eigenvalue weighted by atomic mass is 10.1. The second-order valence-corrected chi connectivity index (χ2v) is 28.8. The van der Waals surface area contributed by atoms with Crippen LogP contribution in [0.5, 0.6) is 0 Å². The van der Waals surface area contributed by atoms with Gasteiger partial charge in [0, 0.05) is 25.7 Å². The molecular weight excluding hydrogens is 1330 g/mol. The van der Waals surface area contributed by atoms with E-state index in [9.17, 15) is 43.2 Å². The number of aliphatic hydroxyl groups is 1. The first-order valence-electron chi connectivity index (χ1n) is 39.4. The summed E-state index contributed by atoms with van der Waals surface area (Å²) in [5, 5.41) is 10.6. The van der Waals surface area contributed by atoms with E-state index in [1.165, 1.54) is 51.4 Å². The Morgan fingerprint density at radius 2 is 0.520 bits per heavy atom. The number of carbonyl (C=O) groups is 4. The maximum Gasteiger partial charge on any atom is 0.472 e. The first-order valence-corrected chi connectivity index (χ1v) is 42.4. The number of allylic oxidation sites excluding steroid dienone is 22. The molecule has 17 nitrogen and oxygen atoms in total. The molecule has 0 aromatic heterocycles. The van der Waals surface area contributed by atoms with Crippen molar-refractivity contribution < 1.29 is 80.2 Å². The van der Waals surface area contributed by atoms with Crippen LogP contribution in [0.15, 0.2) is 134 Å². The molecule has 3 N–H and O–H groups in total. The minimum Gasteiger partial charge on any atom is -0.462 e. The summed E-state index contributed by atoms with van der Waals surface area (Å²) < 4.78 is 68.5. The van der Waals surface area contributed by atoms with Crippen molar-refractivity contribution in [3.63, 3.8) is 0 Å². The average molecular weight is 1470 g/mol. The molecule has 584 valence electrons. The molecule has 5 atom stereocenters. The Labute approximate surface area is 618 Å². The van der Waals surface area contributed by atoms with Crippen molar-refractivity contribution in [1.29, 1.82) is 0 Å². The molecule has 0 aliphatic heterocycles. The van der Waals surface area contributed by atoms with Gasteiger partial charge in [0.1, 0.15) is 19.3 Å². The highest BCUT2D eigenvalue weighted by molar-refractivity contribution is 7.47. The summed E-state index contributed by atoms with van der Waals surface area (Å²) in [6.45, 7) is 4.52. The van der Waals surface area contributed by atoms with Crippen molar-refractivity contribution in [3.05, 3.63) is 134 Å². The van der Waals surface area contributed by atoms with Crippen LogP contribution in [0.1, 0.15) is 310 Å². The topological polar surface area (TPSA) is 237 Å². The third-order valence-electron chi connectivity index (χ3n) is 16.1. The molecule has 0 bridgehead atoms. The van der Waals surface area contributed by atoms with Crippen LogP contribution in [0.2, 0.25) is 0 Å². The van der Waals surface area contributed by atoms with Gasteiger partial charge in [-0.25, -0.2) is 9.13 Å². The van der Waals surface area contributed by atoms with Crippen molar-refractivity contribution in [2.45, 2.75) is 329 Å². The molecule has 0 rings (SSSR count). The number of phosphoric acid groups is 2. The zero-order valence-corrected chi connectivity index (χ0v) is 65.5. The Kier molecular flexibility index (Phi) is 71.0. The Hall–Kier alpha value is -4.80. The molecule has 0 aromatic carbocycles. The SMILES string of the molecule is CC/C=C\C/C=C\C/C=C\C/C=C\C/C=C\CCCCCC(=O)OCC(COP(=O)(O)OCC(O)COP(=O)(O)OCC(COC(=O)CCCCCC/C=C\C/C=C\C/C=C\C/C=C\CC)OC(=O)CCCCCCC/C=C\CCCC)OC(=O)CCCCCCC/C=C\CCCCCCCC. The van der Waals surface area contributed by atoms with Gasteiger partial charge in [-0.15, -0.1) is 0 Å². The molecule has 0 radical (unpaired) electrons. The zero-order valence-electron chi connectivity index (χ0n) is 63.7. The summed E-state index contributed by atoms with van der Waals surface area (Å²) in [5.74, 6) is -2.26. The molecule has 19 heteroatoms. The van der Waals surface area contributed by atoms with Gasteiger partial charge in [0.15, 0.2) is 12.2 Å². The van der Waals surface area contributed by atoms with Gasteiger partial charge in [-0.2, -0.15) is 0 Å². The molecular formula is C83H140O17P2. The third kappa shape index (κ3) is 73.5. The number of hydrogen-bond acceptors (Lipinski definition) is 15. The van der Waals surface area contributed by atoms with Gasteiger partial charge in [0.2, 0.25) is 0 Å². The van der Waals surface area contributed by atoms with Gasteiger partial charge in [0.05, 0.1) is 26.4 Å². The highest BCUT2D eigenvalue weighted by atomic mass is 31.2. The predicted molar refractivity (Wildman–Crippen MR) is 418 cm³/mol. The van der Waals surface area contributed by atoms with E-state index < -0.39 is 97.5 Å². The van der Waals surface area contributed by atoms with Gasteiger partial charge in [0.25, 0.3) is 0 Å². The number of hydrogen-bond donors (Lipinski definition) is 3. The smallest absolute Gasteiger partial charge is 0.462 e. The van der Waals surface area contributed by atoms with E-state index in [0.29, 0.717) is 25.7 Å². The van der Waals surface area contributed by atoms with Crippen LogP contribution in [0.3, 0.4) is 0 Å². The van der Waals surface area contributed by atoms with Crippen LogP contribution < -0.4 is 0 Å². The fourth-order valence-corrected chi connectivity index (χ4v) is 11.7. The van der Waals surface area contributed by atoms with Gasteiger partial charge in [-0.3, -0.25) is 37.3 Å². The van der Waals surface area contributed by atoms with Crippen molar-refractivity contribution in [2.75, 3.05) is 39.6 Å². The lowest BCUT2D eigenvalue weighted by molar-refractivity contribution is -0.161. The average Bonchev–Trinajstić information content (AvgIpc) is 0.939. The number of rotatable bonds is 73. The van der Waals surface area contributed by atoms with E-state index >= 15 is 0 Å². The van der Waals surface area contributed by atoms with Crippen molar-refractivity contribution in [1.82, 2.24) is 0 Å². The first-order chi connectivity index (χ1) is 49.7. The number of esters is 4. The van der Waals surface area contributed by atoms with Crippen LogP contribution in [0.4, 0.5) is 0 Å². The molecule has 0 aliphatic rings. The highest BCUT2D eigenvalue weighted by Crippen LogP contribution is 2.45. The Balaban J connectivity index is 5.39. The molecule has 0 saturated carbocycles. The van der Waals surface area contributed by atoms with Crippen molar-refractivity contribution in [2.24, 2.45) is 0 Å². The number of unbranched alkanes of at least 4 members (excludes halogenated alkanes) is 25. The van der Waals surface area contributed by atoms with Crippen molar-refractivity contribution in [3.8, 4) is 0 Å². The van der Waals surface area contributed by atoms with E-state index in [1.807, 2.05) is 0 Å². The lowest BCUT2D eigenvalue weighted by Gasteiger charge is -2.21. The predicted octanol–water partition coefficient (Wildman–Crippen LogP) is 22.9. The number of aliphatic hydroxyl groups excluding tert-OH is 1. The molecule has 0 aromatic rings. The van der Waals surface area contributed by atoms with Gasteiger partial charge >= 0.3 is 39.5 Å². The van der Waals surface area contributed by atoms with Crippen LogP contribution in [-0.2, 0) is 65.4 Å². The molecule has 5 unspecified atom stereocenters. The second kappa shape index (κ2) is 74.5. The summed E-state index contributed by atoms with van der Waals surface area (Å²) in [6, 6.07) is 0. The van der Waals surface area contributed by atoms with E-state index in [-0.39, 0.29) is 25.7 Å². The Bertz CT molecular complexity index is 2460. The summed E-state index contributed by atoms with van der Waals surface area (Å²) in [5.41, 5.74) is 0. The van der Waals surface area contributed by atoms with E-state index in [1.54, 1.807) is 0 Å². The van der Waals surface area contributed by atoms with Crippen LogP contribution in [-0.4, -0.2) is 96.7 Å². The summed E-state index contributed by atoms with van der Waals surface area (Å²) in [7, 11) is -9.98. The Morgan fingerprint density at radius 3 is 0.833 bits per heavy atom. The van der Waals surface area contributed by atoms with Crippen LogP contribution >= 0.6 is 15.6 Å². The molecule has 102 heavy (non-hydrogen) atoms. The summed E-state index contributed by atoms with van der Waals surface area (Å²) in [6.07, 6.45) is 83.0. The molecule has 0 fully saturated rings. The molecule has 0 heterocycles. The van der Waals surface area contributed by atoms with Gasteiger partial charge < -0.3 is 33.8 Å². The third-order valence-corrected chi connectivity index (χ3v) is 18.0. The molecule has 0 amide bonds. The Morgan fingerprint density at radius 1 is 0.284 bits per heavy atom. The maximum atomic E-state index is 13.1. The monoisotopic (exact) mass is 1470 g/mol. The van der Waals surface area contributed by atoms with Gasteiger partial charge in [-0.1, -0.05) is 264 Å². The molecule has 0 aliphatic carbocycles. The maximum absolute atomic E-state index is 13.1. The summed E-state index contributed by atoms with van der Waals surface area (Å²) in [4.78, 5) is 72.9. The van der Waals surface area contributed by atoms with Crippen LogP contribution in [0.25, 0.3) is 0 Å². The fraction of sp³-hybridized carbons (Fsp3) is 0.687. The number of carbonyl (C=O) groups excluding carboxylic acids is 4. The van der Waals surface area contributed by atoms with Gasteiger partial charge in [-0.05, 0) is 154 Å². The quantitative estimate of drug-likeness (QED) is 0.0169. The number of ether oxygens (including phenoxy) is 4. The minimum absolute atomic E-state index is 0.0744. The highest BCUT2D eigenvalue weighted by Gasteiger charge is 2.30. The lowest BCUT2D eigenvalue weighted by Crippen LogP contribution is -2.30.